The first-order valence-electron chi connectivity index (χ1n) is 10.2. The van der Waals surface area contributed by atoms with Gasteiger partial charge in [0.1, 0.15) is 5.75 Å². The standard InChI is InChI=1S/C24H20FN3O5S2/c1-13-4-7-22(34-13)23(29)35-28-24(30)27-14-5-6-19(16(25)10-14)33-18-8-9-26-17-12-21(32-3)20(31-2)11-15(17)18/h4-12H,1-3H3,(H2,27,28,30). The zero-order valence-corrected chi connectivity index (χ0v) is 20.5. The number of halogens is 1. The number of ether oxygens (including phenoxy) is 3. The van der Waals surface area contributed by atoms with Crippen molar-refractivity contribution in [3.63, 3.8) is 0 Å². The SMILES string of the molecule is COc1cc2nccc(Oc3ccc(NC(=O)NSC(=O)c4ccc(C)s4)cc3F)c2cc1OC. The van der Waals surface area contributed by atoms with Crippen LogP contribution in [0.5, 0.6) is 23.0 Å². The van der Waals surface area contributed by atoms with Crippen LogP contribution in [0.4, 0.5) is 14.9 Å². The summed E-state index contributed by atoms with van der Waals surface area (Å²) >= 11 is 1.99. The Hall–Kier alpha value is -3.83. The minimum absolute atomic E-state index is 0.0455. The molecule has 180 valence electrons. The third kappa shape index (κ3) is 5.64. The molecule has 0 spiro atoms. The fourth-order valence-corrected chi connectivity index (χ4v) is 4.52. The highest BCUT2D eigenvalue weighted by atomic mass is 32.2. The predicted molar refractivity (Wildman–Crippen MR) is 134 cm³/mol. The molecule has 0 aliphatic carbocycles. The molecule has 4 aromatic rings. The summed E-state index contributed by atoms with van der Waals surface area (Å²) in [5.74, 6) is 0.623. The molecule has 8 nitrogen and oxygen atoms in total. The lowest BCUT2D eigenvalue weighted by atomic mass is 10.2. The number of carbonyl (C=O) groups is 2. The summed E-state index contributed by atoms with van der Waals surface area (Å²) in [6, 6.07) is 11.9. The summed E-state index contributed by atoms with van der Waals surface area (Å²) in [7, 11) is 3.04. The quantitative estimate of drug-likeness (QED) is 0.298. The van der Waals surface area contributed by atoms with Gasteiger partial charge in [-0.15, -0.1) is 11.3 Å². The lowest BCUT2D eigenvalue weighted by Gasteiger charge is -2.13. The number of thiophene rings is 1. The fraction of sp³-hybridized carbons (Fsp3) is 0.125. The van der Waals surface area contributed by atoms with Gasteiger partial charge in [-0.3, -0.25) is 14.5 Å². The summed E-state index contributed by atoms with van der Waals surface area (Å²) in [5, 5.41) is 2.81. The van der Waals surface area contributed by atoms with Gasteiger partial charge in [0, 0.05) is 46.2 Å². The maximum Gasteiger partial charge on any atom is 0.329 e. The molecule has 0 saturated heterocycles. The minimum Gasteiger partial charge on any atom is -0.493 e. The van der Waals surface area contributed by atoms with Crippen molar-refractivity contribution in [1.29, 1.82) is 0 Å². The van der Waals surface area contributed by atoms with Gasteiger partial charge in [-0.2, -0.15) is 0 Å². The van der Waals surface area contributed by atoms with Gasteiger partial charge in [0.05, 0.1) is 24.6 Å². The largest absolute Gasteiger partial charge is 0.493 e. The van der Waals surface area contributed by atoms with Gasteiger partial charge in [-0.1, -0.05) is 0 Å². The van der Waals surface area contributed by atoms with Crippen molar-refractivity contribution in [1.82, 2.24) is 9.71 Å². The number of hydrogen-bond acceptors (Lipinski definition) is 8. The first-order chi connectivity index (χ1) is 16.9. The molecule has 2 amide bonds. The fourth-order valence-electron chi connectivity index (χ4n) is 3.16. The normalized spacial score (nSPS) is 10.6. The van der Waals surface area contributed by atoms with E-state index in [1.165, 1.54) is 43.9 Å². The first-order valence-corrected chi connectivity index (χ1v) is 11.8. The van der Waals surface area contributed by atoms with Crippen molar-refractivity contribution in [3.05, 3.63) is 70.3 Å². The van der Waals surface area contributed by atoms with Crippen molar-refractivity contribution < 1.29 is 28.2 Å². The number of rotatable bonds is 6. The highest BCUT2D eigenvalue weighted by Crippen LogP contribution is 2.37. The van der Waals surface area contributed by atoms with E-state index in [1.807, 2.05) is 13.0 Å². The molecule has 35 heavy (non-hydrogen) atoms. The molecule has 4 rings (SSSR count). The van der Waals surface area contributed by atoms with E-state index in [9.17, 15) is 14.0 Å². The Balaban J connectivity index is 1.44. The maximum absolute atomic E-state index is 14.8. The van der Waals surface area contributed by atoms with Crippen LogP contribution in [0, 0.1) is 12.7 Å². The van der Waals surface area contributed by atoms with E-state index in [-0.39, 0.29) is 16.6 Å². The van der Waals surface area contributed by atoms with Crippen molar-refractivity contribution in [2.45, 2.75) is 6.92 Å². The number of pyridine rings is 1. The Morgan fingerprint density at radius 2 is 1.74 bits per heavy atom. The zero-order chi connectivity index (χ0) is 24.9. The molecular formula is C24H20FN3O5S2. The van der Waals surface area contributed by atoms with Crippen molar-refractivity contribution in [2.24, 2.45) is 0 Å². The molecular weight excluding hydrogens is 493 g/mol. The third-order valence-corrected chi connectivity index (χ3v) is 6.62. The number of carbonyl (C=O) groups excluding carboxylic acids is 2. The molecule has 0 fully saturated rings. The number of urea groups is 1. The highest BCUT2D eigenvalue weighted by molar-refractivity contribution is 8.13. The lowest BCUT2D eigenvalue weighted by molar-refractivity contribution is 0.109. The van der Waals surface area contributed by atoms with E-state index in [0.717, 1.165) is 10.9 Å². The summed E-state index contributed by atoms with van der Waals surface area (Å²) in [5.41, 5.74) is 0.777. The van der Waals surface area contributed by atoms with Gasteiger partial charge in [-0.25, -0.2) is 9.18 Å². The first kappa shape index (κ1) is 24.3. The Bertz CT molecular complexity index is 1410. The second-order valence-corrected chi connectivity index (χ2v) is 9.20. The summed E-state index contributed by atoms with van der Waals surface area (Å²) in [6.45, 7) is 1.89. The number of nitrogens with zero attached hydrogens (tertiary/aromatic N) is 1. The number of aryl methyl sites for hydroxylation is 1. The lowest BCUT2D eigenvalue weighted by Crippen LogP contribution is -2.24. The molecule has 2 N–H and O–H groups in total. The zero-order valence-electron chi connectivity index (χ0n) is 18.9. The molecule has 0 atom stereocenters. The molecule has 0 unspecified atom stereocenters. The highest BCUT2D eigenvalue weighted by Gasteiger charge is 2.15. The Kier molecular flexibility index (Phi) is 7.37. The predicted octanol–water partition coefficient (Wildman–Crippen LogP) is 6.16. The number of anilines is 1. The van der Waals surface area contributed by atoms with Gasteiger partial charge in [-0.05, 0) is 43.3 Å². The van der Waals surface area contributed by atoms with Crippen LogP contribution in [0.25, 0.3) is 10.9 Å². The average molecular weight is 514 g/mol. The molecule has 0 aliphatic rings. The molecule has 11 heteroatoms. The molecule has 0 bridgehead atoms. The molecule has 2 aromatic carbocycles. The van der Waals surface area contributed by atoms with Crippen LogP contribution in [-0.4, -0.2) is 30.3 Å². The number of benzene rings is 2. The topological polar surface area (TPSA) is 98.8 Å². The minimum atomic E-state index is -0.689. The van der Waals surface area contributed by atoms with E-state index < -0.39 is 11.8 Å². The van der Waals surface area contributed by atoms with E-state index in [4.69, 9.17) is 14.2 Å². The van der Waals surface area contributed by atoms with Gasteiger partial charge in [0.25, 0.3) is 0 Å². The summed E-state index contributed by atoms with van der Waals surface area (Å²) in [4.78, 5) is 30.0. The number of nitrogens with one attached hydrogen (secondary N) is 2. The molecule has 0 saturated carbocycles. The van der Waals surface area contributed by atoms with Crippen LogP contribution in [0.15, 0.2) is 54.7 Å². The third-order valence-electron chi connectivity index (χ3n) is 4.79. The molecule has 2 aromatic heterocycles. The van der Waals surface area contributed by atoms with E-state index >= 15 is 0 Å². The van der Waals surface area contributed by atoms with Crippen molar-refractivity contribution in [3.8, 4) is 23.0 Å². The van der Waals surface area contributed by atoms with Gasteiger partial charge in [0.15, 0.2) is 23.1 Å². The van der Waals surface area contributed by atoms with Gasteiger partial charge >= 0.3 is 6.03 Å². The van der Waals surface area contributed by atoms with Crippen molar-refractivity contribution in [2.75, 3.05) is 19.5 Å². The Morgan fingerprint density at radius 1 is 0.971 bits per heavy atom. The Morgan fingerprint density at radius 3 is 2.43 bits per heavy atom. The number of hydrogen-bond donors (Lipinski definition) is 2. The van der Waals surface area contributed by atoms with Crippen molar-refractivity contribution >= 4 is 51.0 Å². The summed E-state index contributed by atoms with van der Waals surface area (Å²) < 4.78 is 33.6. The smallest absolute Gasteiger partial charge is 0.329 e. The van der Waals surface area contributed by atoms with Gasteiger partial charge in [0.2, 0.25) is 5.12 Å². The van der Waals surface area contributed by atoms with Crippen LogP contribution < -0.4 is 24.2 Å². The van der Waals surface area contributed by atoms with E-state index in [1.54, 1.807) is 24.3 Å². The van der Waals surface area contributed by atoms with Crippen LogP contribution in [-0.2, 0) is 0 Å². The number of methoxy groups -OCH3 is 2. The van der Waals surface area contributed by atoms with Crippen LogP contribution in [0.3, 0.4) is 0 Å². The summed E-state index contributed by atoms with van der Waals surface area (Å²) in [6.07, 6.45) is 1.54. The maximum atomic E-state index is 14.8. The monoisotopic (exact) mass is 513 g/mol. The van der Waals surface area contributed by atoms with E-state index in [2.05, 4.69) is 15.0 Å². The average Bonchev–Trinajstić information content (AvgIpc) is 3.29. The number of aromatic nitrogens is 1. The Labute approximate surface area is 208 Å². The molecule has 0 aliphatic heterocycles. The second-order valence-electron chi connectivity index (χ2n) is 7.14. The van der Waals surface area contributed by atoms with Crippen LogP contribution >= 0.6 is 23.3 Å². The second kappa shape index (κ2) is 10.6. The molecule has 2 heterocycles. The van der Waals surface area contributed by atoms with E-state index in [0.29, 0.717) is 45.0 Å². The van der Waals surface area contributed by atoms with Gasteiger partial charge < -0.3 is 19.5 Å². The van der Waals surface area contributed by atoms with Crippen LogP contribution in [0.2, 0.25) is 0 Å². The number of fused-ring (bicyclic) bond motifs is 1. The van der Waals surface area contributed by atoms with Crippen LogP contribution in [0.1, 0.15) is 14.5 Å². The molecule has 0 radical (unpaired) electrons. The number of amides is 2.